The van der Waals surface area contributed by atoms with Gasteiger partial charge in [0.1, 0.15) is 0 Å². The fraction of sp³-hybridized carbons (Fsp3) is 0.333. The largest absolute Gasteiger partial charge is 0.490 e. The van der Waals surface area contributed by atoms with Gasteiger partial charge in [-0.15, -0.1) is 0 Å². The highest BCUT2D eigenvalue weighted by molar-refractivity contribution is 7.80. The van der Waals surface area contributed by atoms with Crippen LogP contribution in [0.5, 0.6) is 0 Å². The van der Waals surface area contributed by atoms with Crippen LogP contribution in [0.3, 0.4) is 0 Å². The summed E-state index contributed by atoms with van der Waals surface area (Å²) in [6.45, 7) is 0.526. The molecule has 86 valence electrons. The summed E-state index contributed by atoms with van der Waals surface area (Å²) < 4.78 is 4.83. The predicted octanol–water partition coefficient (Wildman–Crippen LogP) is 1.71. The molecule has 0 heterocycles. The summed E-state index contributed by atoms with van der Waals surface area (Å²) in [5.74, 6) is 0.00473. The van der Waals surface area contributed by atoms with Crippen LogP contribution in [0.15, 0.2) is 30.3 Å². The van der Waals surface area contributed by atoms with Gasteiger partial charge in [-0.1, -0.05) is 30.3 Å². The van der Waals surface area contributed by atoms with Crippen molar-refractivity contribution in [2.45, 2.75) is 12.8 Å². The monoisotopic (exact) mass is 237 g/mol. The lowest BCUT2D eigenvalue weighted by Crippen LogP contribution is -2.27. The van der Waals surface area contributed by atoms with Crippen LogP contribution in [0.25, 0.3) is 0 Å². The smallest absolute Gasteiger partial charge is 0.224 e. The topological polar surface area (TPSA) is 38.3 Å². The summed E-state index contributed by atoms with van der Waals surface area (Å²) in [7, 11) is 1.54. The van der Waals surface area contributed by atoms with E-state index in [9.17, 15) is 4.79 Å². The molecule has 0 radical (unpaired) electrons. The van der Waals surface area contributed by atoms with Crippen LogP contribution >= 0.6 is 12.2 Å². The SMILES string of the molecule is COC(=S)CCNC(=O)Cc1ccccc1. The number of hydrogen-bond donors (Lipinski definition) is 1. The van der Waals surface area contributed by atoms with Gasteiger partial charge < -0.3 is 10.1 Å². The minimum absolute atomic E-state index is 0.00473. The minimum Gasteiger partial charge on any atom is -0.490 e. The van der Waals surface area contributed by atoms with E-state index in [1.54, 1.807) is 0 Å². The molecule has 1 aromatic rings. The van der Waals surface area contributed by atoms with Crippen LogP contribution < -0.4 is 5.32 Å². The van der Waals surface area contributed by atoms with Crippen molar-refractivity contribution in [1.82, 2.24) is 5.32 Å². The zero-order valence-corrected chi connectivity index (χ0v) is 10.0. The number of nitrogens with one attached hydrogen (secondary N) is 1. The Kier molecular flexibility index (Phi) is 5.50. The first-order valence-electron chi connectivity index (χ1n) is 5.10. The maximum absolute atomic E-state index is 11.5. The molecule has 1 aromatic carbocycles. The average molecular weight is 237 g/mol. The van der Waals surface area contributed by atoms with Gasteiger partial charge in [0, 0.05) is 13.0 Å². The molecule has 0 aliphatic heterocycles. The molecule has 0 aliphatic carbocycles. The molecule has 0 saturated carbocycles. The van der Waals surface area contributed by atoms with Gasteiger partial charge in [-0.3, -0.25) is 4.79 Å². The van der Waals surface area contributed by atoms with E-state index in [1.807, 2.05) is 30.3 Å². The van der Waals surface area contributed by atoms with Gasteiger partial charge in [0.15, 0.2) is 5.05 Å². The van der Waals surface area contributed by atoms with Crippen molar-refractivity contribution < 1.29 is 9.53 Å². The summed E-state index contributed by atoms with van der Waals surface area (Å²) >= 11 is 4.86. The van der Waals surface area contributed by atoms with Crippen LogP contribution in [0.4, 0.5) is 0 Å². The number of hydrogen-bond acceptors (Lipinski definition) is 3. The molecular weight excluding hydrogens is 222 g/mol. The molecule has 0 spiro atoms. The Morgan fingerprint density at radius 2 is 2.06 bits per heavy atom. The fourth-order valence-corrected chi connectivity index (χ4v) is 1.35. The number of rotatable bonds is 5. The second kappa shape index (κ2) is 6.95. The zero-order chi connectivity index (χ0) is 11.8. The molecule has 0 saturated heterocycles. The van der Waals surface area contributed by atoms with E-state index < -0.39 is 0 Å². The molecule has 4 heteroatoms. The minimum atomic E-state index is 0.00473. The van der Waals surface area contributed by atoms with E-state index in [0.717, 1.165) is 5.56 Å². The molecular formula is C12H15NO2S. The van der Waals surface area contributed by atoms with Crippen LogP contribution in [0.2, 0.25) is 0 Å². The summed E-state index contributed by atoms with van der Waals surface area (Å²) in [5, 5.41) is 3.30. The molecule has 1 amide bonds. The highest BCUT2D eigenvalue weighted by Crippen LogP contribution is 1.99. The van der Waals surface area contributed by atoms with Gasteiger partial charge in [-0.25, -0.2) is 0 Å². The molecule has 0 aliphatic rings. The van der Waals surface area contributed by atoms with Gasteiger partial charge in [-0.2, -0.15) is 0 Å². The summed E-state index contributed by atoms with van der Waals surface area (Å²) in [4.78, 5) is 11.5. The van der Waals surface area contributed by atoms with Crippen molar-refractivity contribution in [3.05, 3.63) is 35.9 Å². The van der Waals surface area contributed by atoms with Crippen LogP contribution in [0, 0.1) is 0 Å². The predicted molar refractivity (Wildman–Crippen MR) is 67.4 cm³/mol. The molecule has 0 unspecified atom stereocenters. The van der Waals surface area contributed by atoms with Crippen molar-refractivity contribution in [3.63, 3.8) is 0 Å². The number of amides is 1. The standard InChI is InChI=1S/C12H15NO2S/c1-15-12(16)7-8-13-11(14)9-10-5-3-2-4-6-10/h2-6H,7-9H2,1H3,(H,13,14). The average Bonchev–Trinajstić information content (AvgIpc) is 2.30. The number of ether oxygens (including phenoxy) is 1. The molecule has 16 heavy (non-hydrogen) atoms. The third kappa shape index (κ3) is 4.89. The van der Waals surface area contributed by atoms with E-state index in [0.29, 0.717) is 24.4 Å². The first kappa shape index (κ1) is 12.6. The van der Waals surface area contributed by atoms with Gasteiger partial charge in [-0.05, 0) is 17.8 Å². The molecule has 1 N–H and O–H groups in total. The Hall–Kier alpha value is -1.42. The number of carbonyl (C=O) groups excluding carboxylic acids is 1. The normalized spacial score (nSPS) is 9.56. The highest BCUT2D eigenvalue weighted by atomic mass is 32.1. The van der Waals surface area contributed by atoms with Crippen molar-refractivity contribution in [3.8, 4) is 0 Å². The number of benzene rings is 1. The van der Waals surface area contributed by atoms with Gasteiger partial charge >= 0.3 is 0 Å². The molecule has 0 atom stereocenters. The Labute approximate surface area is 101 Å². The van der Waals surface area contributed by atoms with Crippen molar-refractivity contribution in [2.24, 2.45) is 0 Å². The van der Waals surface area contributed by atoms with Gasteiger partial charge in [0.05, 0.1) is 13.5 Å². The van der Waals surface area contributed by atoms with Gasteiger partial charge in [0.2, 0.25) is 5.91 Å². The Balaban J connectivity index is 2.24. The Bertz CT molecular complexity index is 351. The van der Waals surface area contributed by atoms with Crippen LogP contribution in [-0.2, 0) is 16.0 Å². The lowest BCUT2D eigenvalue weighted by molar-refractivity contribution is -0.120. The third-order valence-electron chi connectivity index (χ3n) is 2.09. The summed E-state index contributed by atoms with van der Waals surface area (Å²) in [6.07, 6.45) is 0.979. The van der Waals surface area contributed by atoms with E-state index in [1.165, 1.54) is 7.11 Å². The van der Waals surface area contributed by atoms with Crippen molar-refractivity contribution in [1.29, 1.82) is 0 Å². The quantitative estimate of drug-likeness (QED) is 0.792. The third-order valence-corrected chi connectivity index (χ3v) is 2.46. The molecule has 3 nitrogen and oxygen atoms in total. The lowest BCUT2D eigenvalue weighted by Gasteiger charge is -2.05. The summed E-state index contributed by atoms with van der Waals surface area (Å²) in [5.41, 5.74) is 1.01. The number of carbonyl (C=O) groups is 1. The van der Waals surface area contributed by atoms with E-state index >= 15 is 0 Å². The second-order valence-corrected chi connectivity index (χ2v) is 3.79. The number of methoxy groups -OCH3 is 1. The molecule has 0 bridgehead atoms. The number of thiocarbonyl (C=S) groups is 1. The van der Waals surface area contributed by atoms with Crippen LogP contribution in [0.1, 0.15) is 12.0 Å². The Morgan fingerprint density at radius 1 is 1.38 bits per heavy atom. The highest BCUT2D eigenvalue weighted by Gasteiger charge is 2.02. The fourth-order valence-electron chi connectivity index (χ4n) is 1.25. The van der Waals surface area contributed by atoms with Crippen LogP contribution in [-0.4, -0.2) is 24.6 Å². The molecule has 0 aromatic heterocycles. The molecule has 1 rings (SSSR count). The second-order valence-electron chi connectivity index (χ2n) is 3.34. The van der Waals surface area contributed by atoms with E-state index in [-0.39, 0.29) is 5.91 Å². The van der Waals surface area contributed by atoms with E-state index in [2.05, 4.69) is 5.32 Å². The van der Waals surface area contributed by atoms with Crippen molar-refractivity contribution in [2.75, 3.05) is 13.7 Å². The Morgan fingerprint density at radius 3 is 2.69 bits per heavy atom. The summed E-state index contributed by atoms with van der Waals surface area (Å²) in [6, 6.07) is 9.63. The first-order chi connectivity index (χ1) is 7.72. The maximum atomic E-state index is 11.5. The van der Waals surface area contributed by atoms with Gasteiger partial charge in [0.25, 0.3) is 0 Å². The molecule has 0 fully saturated rings. The first-order valence-corrected chi connectivity index (χ1v) is 5.50. The zero-order valence-electron chi connectivity index (χ0n) is 9.23. The van der Waals surface area contributed by atoms with Crippen molar-refractivity contribution >= 4 is 23.2 Å². The van der Waals surface area contributed by atoms with E-state index in [4.69, 9.17) is 17.0 Å². The maximum Gasteiger partial charge on any atom is 0.224 e. The lowest BCUT2D eigenvalue weighted by atomic mass is 10.1.